The number of Topliss-reactive ketones (excluding diaryl/α,β-unsaturated/α-hetero) is 1. The maximum absolute atomic E-state index is 11.2. The van der Waals surface area contributed by atoms with Gasteiger partial charge in [-0.2, -0.15) is 0 Å². The number of carbonyl (C=O) groups is 1. The molecule has 0 aromatic heterocycles. The molecule has 1 rings (SSSR count). The summed E-state index contributed by atoms with van der Waals surface area (Å²) >= 11 is 0. The molecule has 0 radical (unpaired) electrons. The Hall–Kier alpha value is -1.11. The molecule has 0 atom stereocenters. The average molecular weight is 190 g/mol. The Kier molecular flexibility index (Phi) is 4.37. The van der Waals surface area contributed by atoms with Crippen molar-refractivity contribution in [1.29, 1.82) is 0 Å². The summed E-state index contributed by atoms with van der Waals surface area (Å²) in [6.07, 6.45) is 3.30. The lowest BCUT2D eigenvalue weighted by Crippen LogP contribution is -2.00. The smallest absolute Gasteiger partial charge is 0.132 e. The molecule has 0 unspecified atom stereocenters. The molecule has 0 saturated heterocycles. The van der Waals surface area contributed by atoms with Gasteiger partial charge in [0.25, 0.3) is 0 Å². The van der Waals surface area contributed by atoms with Crippen LogP contribution in [0.4, 0.5) is 0 Å². The monoisotopic (exact) mass is 190 g/mol. The average Bonchev–Trinajstić information content (AvgIpc) is 2.26. The fraction of sp³-hybridized carbons (Fsp3) is 0.462. The summed E-state index contributed by atoms with van der Waals surface area (Å²) in [7, 11) is 0. The zero-order chi connectivity index (χ0) is 10.4. The first kappa shape index (κ1) is 11.0. The van der Waals surface area contributed by atoms with E-state index in [1.165, 1.54) is 11.1 Å². The fourth-order valence-corrected chi connectivity index (χ4v) is 1.60. The molecule has 0 aliphatic carbocycles. The van der Waals surface area contributed by atoms with Crippen LogP contribution in [-0.4, -0.2) is 5.78 Å². The summed E-state index contributed by atoms with van der Waals surface area (Å²) in [6.45, 7) is 4.08. The maximum atomic E-state index is 11.2. The molecule has 0 fully saturated rings. The van der Waals surface area contributed by atoms with Gasteiger partial charge in [-0.05, 0) is 24.0 Å². The van der Waals surface area contributed by atoms with E-state index in [-0.39, 0.29) is 0 Å². The Labute approximate surface area is 86.1 Å². The molecule has 0 aliphatic rings. The minimum Gasteiger partial charge on any atom is -0.300 e. The van der Waals surface area contributed by atoms with Gasteiger partial charge in [0, 0.05) is 12.8 Å². The highest BCUT2D eigenvalue weighted by atomic mass is 16.1. The lowest BCUT2D eigenvalue weighted by atomic mass is 9.99. The Bertz CT molecular complexity index is 302. The molecule has 0 heterocycles. The van der Waals surface area contributed by atoms with E-state index in [1.54, 1.807) is 0 Å². The molecule has 0 aliphatic heterocycles. The van der Waals surface area contributed by atoms with Crippen molar-refractivity contribution in [2.24, 2.45) is 0 Å². The number of hydrogen-bond acceptors (Lipinski definition) is 1. The van der Waals surface area contributed by atoms with E-state index in [9.17, 15) is 4.79 Å². The third-order valence-electron chi connectivity index (χ3n) is 2.57. The standard InChI is InChI=1S/C13H18O/c1-3-11-7-5-6-8-12(11)9-10-13(14)4-2/h5-8H,3-4,9-10H2,1-2H3. The number of hydrogen-bond donors (Lipinski definition) is 0. The van der Waals surface area contributed by atoms with Crippen LogP contribution in [-0.2, 0) is 17.6 Å². The van der Waals surface area contributed by atoms with Gasteiger partial charge < -0.3 is 0 Å². The summed E-state index contributed by atoms with van der Waals surface area (Å²) in [4.78, 5) is 11.2. The third-order valence-corrected chi connectivity index (χ3v) is 2.57. The first-order valence-corrected chi connectivity index (χ1v) is 5.36. The third kappa shape index (κ3) is 2.99. The van der Waals surface area contributed by atoms with Crippen molar-refractivity contribution in [1.82, 2.24) is 0 Å². The van der Waals surface area contributed by atoms with Crippen LogP contribution in [0.15, 0.2) is 24.3 Å². The first-order chi connectivity index (χ1) is 6.77. The van der Waals surface area contributed by atoms with Crippen molar-refractivity contribution in [3.63, 3.8) is 0 Å². The molecular formula is C13H18O. The van der Waals surface area contributed by atoms with Crippen molar-refractivity contribution in [2.45, 2.75) is 39.5 Å². The minimum atomic E-state index is 0.357. The zero-order valence-electron chi connectivity index (χ0n) is 9.05. The highest BCUT2D eigenvalue weighted by molar-refractivity contribution is 5.78. The maximum Gasteiger partial charge on any atom is 0.132 e. The van der Waals surface area contributed by atoms with Crippen LogP contribution >= 0.6 is 0 Å². The Balaban J connectivity index is 2.61. The molecule has 14 heavy (non-hydrogen) atoms. The Morgan fingerprint density at radius 2 is 1.79 bits per heavy atom. The highest BCUT2D eigenvalue weighted by Gasteiger charge is 2.02. The molecule has 1 nitrogen and oxygen atoms in total. The van der Waals surface area contributed by atoms with E-state index >= 15 is 0 Å². The second-order valence-electron chi connectivity index (χ2n) is 3.51. The van der Waals surface area contributed by atoms with Crippen LogP contribution in [0, 0.1) is 0 Å². The molecule has 1 heteroatoms. The van der Waals surface area contributed by atoms with Gasteiger partial charge in [0.1, 0.15) is 5.78 Å². The molecule has 0 amide bonds. The van der Waals surface area contributed by atoms with E-state index < -0.39 is 0 Å². The largest absolute Gasteiger partial charge is 0.300 e. The van der Waals surface area contributed by atoms with Crippen LogP contribution in [0.3, 0.4) is 0 Å². The molecule has 0 saturated carbocycles. The van der Waals surface area contributed by atoms with Crippen molar-refractivity contribution < 1.29 is 4.79 Å². The summed E-state index contributed by atoms with van der Waals surface area (Å²) in [5.74, 6) is 0.357. The second-order valence-corrected chi connectivity index (χ2v) is 3.51. The number of benzene rings is 1. The predicted octanol–water partition coefficient (Wildman–Crippen LogP) is 3.16. The summed E-state index contributed by atoms with van der Waals surface area (Å²) in [5.41, 5.74) is 2.70. The van der Waals surface area contributed by atoms with Gasteiger partial charge >= 0.3 is 0 Å². The quantitative estimate of drug-likeness (QED) is 0.697. The van der Waals surface area contributed by atoms with Gasteiger partial charge in [-0.3, -0.25) is 4.79 Å². The van der Waals surface area contributed by atoms with Crippen molar-refractivity contribution in [3.05, 3.63) is 35.4 Å². The van der Waals surface area contributed by atoms with Crippen molar-refractivity contribution in [2.75, 3.05) is 0 Å². The van der Waals surface area contributed by atoms with E-state index in [0.29, 0.717) is 18.6 Å². The van der Waals surface area contributed by atoms with Crippen LogP contribution < -0.4 is 0 Å². The van der Waals surface area contributed by atoms with E-state index in [4.69, 9.17) is 0 Å². The van der Waals surface area contributed by atoms with Gasteiger partial charge in [-0.25, -0.2) is 0 Å². The van der Waals surface area contributed by atoms with E-state index in [1.807, 2.05) is 13.0 Å². The molecule has 76 valence electrons. The van der Waals surface area contributed by atoms with E-state index in [2.05, 4.69) is 25.1 Å². The molecule has 1 aromatic rings. The van der Waals surface area contributed by atoms with Crippen molar-refractivity contribution in [3.8, 4) is 0 Å². The molecule has 0 bridgehead atoms. The van der Waals surface area contributed by atoms with E-state index in [0.717, 1.165) is 12.8 Å². The zero-order valence-corrected chi connectivity index (χ0v) is 9.05. The molecule has 0 N–H and O–H groups in total. The SMILES string of the molecule is CCC(=O)CCc1ccccc1CC. The Morgan fingerprint density at radius 1 is 1.14 bits per heavy atom. The number of aryl methyl sites for hydroxylation is 2. The van der Waals surface area contributed by atoms with Gasteiger partial charge in [0.05, 0.1) is 0 Å². The predicted molar refractivity (Wildman–Crippen MR) is 59.4 cm³/mol. The second kappa shape index (κ2) is 5.58. The minimum absolute atomic E-state index is 0.357. The van der Waals surface area contributed by atoms with Crippen LogP contribution in [0.1, 0.15) is 37.8 Å². The number of carbonyl (C=O) groups excluding carboxylic acids is 1. The lowest BCUT2D eigenvalue weighted by molar-refractivity contribution is -0.118. The van der Waals surface area contributed by atoms with Gasteiger partial charge in [0.15, 0.2) is 0 Å². The number of ketones is 1. The topological polar surface area (TPSA) is 17.1 Å². The van der Waals surface area contributed by atoms with Crippen LogP contribution in [0.2, 0.25) is 0 Å². The van der Waals surface area contributed by atoms with Gasteiger partial charge in [-0.1, -0.05) is 38.1 Å². The summed E-state index contributed by atoms with van der Waals surface area (Å²) < 4.78 is 0. The highest BCUT2D eigenvalue weighted by Crippen LogP contribution is 2.12. The van der Waals surface area contributed by atoms with Crippen LogP contribution in [0.25, 0.3) is 0 Å². The van der Waals surface area contributed by atoms with Gasteiger partial charge in [0.2, 0.25) is 0 Å². The first-order valence-electron chi connectivity index (χ1n) is 5.36. The summed E-state index contributed by atoms with van der Waals surface area (Å²) in [5, 5.41) is 0. The lowest BCUT2D eigenvalue weighted by Gasteiger charge is -2.06. The fourth-order valence-electron chi connectivity index (χ4n) is 1.60. The Morgan fingerprint density at radius 3 is 2.36 bits per heavy atom. The van der Waals surface area contributed by atoms with Crippen LogP contribution in [0.5, 0.6) is 0 Å². The molecular weight excluding hydrogens is 172 g/mol. The number of rotatable bonds is 5. The van der Waals surface area contributed by atoms with Crippen molar-refractivity contribution >= 4 is 5.78 Å². The van der Waals surface area contributed by atoms with Gasteiger partial charge in [-0.15, -0.1) is 0 Å². The molecule has 0 spiro atoms. The normalized spacial score (nSPS) is 10.1. The molecule has 1 aromatic carbocycles. The summed E-state index contributed by atoms with van der Waals surface area (Å²) in [6, 6.07) is 8.38.